The van der Waals surface area contributed by atoms with Gasteiger partial charge in [-0.15, -0.1) is 0 Å². The van der Waals surface area contributed by atoms with Crippen LogP contribution >= 0.6 is 11.8 Å². The number of anilines is 1. The van der Waals surface area contributed by atoms with Crippen molar-refractivity contribution in [1.29, 1.82) is 0 Å². The van der Waals surface area contributed by atoms with Gasteiger partial charge in [0.1, 0.15) is 0 Å². The summed E-state index contributed by atoms with van der Waals surface area (Å²) in [5.74, 6) is 0.146. The molecule has 2 aromatic rings. The SMILES string of the molecule is COC(=O)c1ccc(Sc2ccc(C(C)C)cc2)c(N)c1. The van der Waals surface area contributed by atoms with Crippen molar-refractivity contribution in [2.75, 3.05) is 12.8 Å². The highest BCUT2D eigenvalue weighted by atomic mass is 32.2. The molecule has 0 aliphatic heterocycles. The van der Waals surface area contributed by atoms with Crippen LogP contribution in [0.25, 0.3) is 0 Å². The van der Waals surface area contributed by atoms with E-state index < -0.39 is 0 Å². The molecule has 0 saturated carbocycles. The highest BCUT2D eigenvalue weighted by Gasteiger charge is 2.09. The number of nitrogen functional groups attached to an aromatic ring is 1. The van der Waals surface area contributed by atoms with Crippen molar-refractivity contribution in [2.24, 2.45) is 0 Å². The lowest BCUT2D eigenvalue weighted by molar-refractivity contribution is 0.0600. The van der Waals surface area contributed by atoms with Gasteiger partial charge in [0.25, 0.3) is 0 Å². The number of carbonyl (C=O) groups is 1. The fraction of sp³-hybridized carbons (Fsp3) is 0.235. The second-order valence-electron chi connectivity index (χ2n) is 5.07. The minimum absolute atomic E-state index is 0.375. The van der Waals surface area contributed by atoms with Crippen molar-refractivity contribution in [2.45, 2.75) is 29.6 Å². The Balaban J connectivity index is 2.18. The number of benzene rings is 2. The Morgan fingerprint density at radius 2 is 1.81 bits per heavy atom. The van der Waals surface area contributed by atoms with Gasteiger partial charge in [-0.25, -0.2) is 4.79 Å². The third-order valence-corrected chi connectivity index (χ3v) is 4.31. The average Bonchev–Trinajstić information content (AvgIpc) is 2.49. The van der Waals surface area contributed by atoms with Crippen LogP contribution in [0.1, 0.15) is 35.7 Å². The third kappa shape index (κ3) is 3.79. The fourth-order valence-electron chi connectivity index (χ4n) is 1.93. The second-order valence-corrected chi connectivity index (χ2v) is 6.19. The Bertz CT molecular complexity index is 636. The molecule has 3 nitrogen and oxygen atoms in total. The van der Waals surface area contributed by atoms with Crippen molar-refractivity contribution < 1.29 is 9.53 Å². The van der Waals surface area contributed by atoms with Crippen molar-refractivity contribution in [3.63, 3.8) is 0 Å². The fourth-order valence-corrected chi connectivity index (χ4v) is 2.77. The van der Waals surface area contributed by atoms with E-state index in [1.807, 2.05) is 6.07 Å². The van der Waals surface area contributed by atoms with Crippen LogP contribution in [-0.4, -0.2) is 13.1 Å². The van der Waals surface area contributed by atoms with Crippen LogP contribution in [0.15, 0.2) is 52.3 Å². The van der Waals surface area contributed by atoms with Gasteiger partial charge < -0.3 is 10.5 Å². The van der Waals surface area contributed by atoms with E-state index in [9.17, 15) is 4.79 Å². The van der Waals surface area contributed by atoms with Gasteiger partial charge in [0.15, 0.2) is 0 Å². The Morgan fingerprint density at radius 3 is 2.33 bits per heavy atom. The first-order chi connectivity index (χ1) is 10.0. The maximum Gasteiger partial charge on any atom is 0.337 e. The molecule has 0 aliphatic rings. The summed E-state index contributed by atoms with van der Waals surface area (Å²) in [5, 5.41) is 0. The molecule has 0 fully saturated rings. The van der Waals surface area contributed by atoms with Gasteiger partial charge in [0.05, 0.1) is 12.7 Å². The number of rotatable bonds is 4. The molecular formula is C17H19NO2S. The zero-order valence-corrected chi connectivity index (χ0v) is 13.2. The zero-order chi connectivity index (χ0) is 15.4. The van der Waals surface area contributed by atoms with E-state index in [2.05, 4.69) is 42.8 Å². The second kappa shape index (κ2) is 6.68. The molecular weight excluding hydrogens is 282 g/mol. The number of carbonyl (C=O) groups excluding carboxylic acids is 1. The highest BCUT2D eigenvalue weighted by Crippen LogP contribution is 2.33. The molecule has 0 atom stereocenters. The summed E-state index contributed by atoms with van der Waals surface area (Å²) in [6, 6.07) is 13.7. The summed E-state index contributed by atoms with van der Waals surface area (Å²) in [6.45, 7) is 4.34. The maximum atomic E-state index is 11.5. The Labute approximate surface area is 129 Å². The van der Waals surface area contributed by atoms with Crippen LogP contribution in [-0.2, 0) is 4.74 Å². The first kappa shape index (κ1) is 15.4. The zero-order valence-electron chi connectivity index (χ0n) is 12.4. The molecule has 2 aromatic carbocycles. The first-order valence-electron chi connectivity index (χ1n) is 6.77. The van der Waals surface area contributed by atoms with Gasteiger partial charge in [-0.1, -0.05) is 37.7 Å². The highest BCUT2D eigenvalue weighted by molar-refractivity contribution is 7.99. The summed E-state index contributed by atoms with van der Waals surface area (Å²) in [4.78, 5) is 13.5. The van der Waals surface area contributed by atoms with E-state index in [4.69, 9.17) is 5.73 Å². The van der Waals surface area contributed by atoms with Gasteiger partial charge in [0, 0.05) is 15.5 Å². The molecule has 0 amide bonds. The number of nitrogens with two attached hydrogens (primary N) is 1. The Morgan fingerprint density at radius 1 is 1.14 bits per heavy atom. The summed E-state index contributed by atoms with van der Waals surface area (Å²) in [7, 11) is 1.36. The van der Waals surface area contributed by atoms with Gasteiger partial charge >= 0.3 is 5.97 Å². The predicted octanol–water partition coefficient (Wildman–Crippen LogP) is 4.33. The lowest BCUT2D eigenvalue weighted by Crippen LogP contribution is -2.02. The molecule has 0 aromatic heterocycles. The summed E-state index contributed by atoms with van der Waals surface area (Å²) in [6.07, 6.45) is 0. The minimum Gasteiger partial charge on any atom is -0.465 e. The topological polar surface area (TPSA) is 52.3 Å². The minimum atomic E-state index is -0.375. The first-order valence-corrected chi connectivity index (χ1v) is 7.58. The third-order valence-electron chi connectivity index (χ3n) is 3.21. The Hall–Kier alpha value is -1.94. The van der Waals surface area contributed by atoms with Crippen molar-refractivity contribution in [3.05, 3.63) is 53.6 Å². The number of ether oxygens (including phenoxy) is 1. The number of methoxy groups -OCH3 is 1. The molecule has 0 unspecified atom stereocenters. The molecule has 0 aliphatic carbocycles. The van der Waals surface area contributed by atoms with E-state index in [0.29, 0.717) is 17.2 Å². The van der Waals surface area contributed by atoms with E-state index >= 15 is 0 Å². The monoisotopic (exact) mass is 301 g/mol. The van der Waals surface area contributed by atoms with Crippen LogP contribution in [0.2, 0.25) is 0 Å². The lowest BCUT2D eigenvalue weighted by Gasteiger charge is -2.09. The van der Waals surface area contributed by atoms with Gasteiger partial charge in [-0.2, -0.15) is 0 Å². The molecule has 0 spiro atoms. The molecule has 2 N–H and O–H groups in total. The summed E-state index contributed by atoms with van der Waals surface area (Å²) in [5.41, 5.74) is 8.37. The maximum absolute atomic E-state index is 11.5. The normalized spacial score (nSPS) is 10.7. The Kier molecular flexibility index (Phi) is 4.91. The molecule has 2 rings (SSSR count). The van der Waals surface area contributed by atoms with Gasteiger partial charge in [-0.3, -0.25) is 0 Å². The summed E-state index contributed by atoms with van der Waals surface area (Å²) < 4.78 is 4.68. The van der Waals surface area contributed by atoms with Crippen LogP contribution < -0.4 is 5.73 Å². The summed E-state index contributed by atoms with van der Waals surface area (Å²) >= 11 is 1.59. The van der Waals surface area contributed by atoms with E-state index in [1.165, 1.54) is 12.7 Å². The molecule has 0 radical (unpaired) electrons. The molecule has 0 heterocycles. The standard InChI is InChI=1S/C17H19NO2S/c1-11(2)12-4-7-14(8-5-12)21-16-9-6-13(10-15(16)18)17(19)20-3/h4-11H,18H2,1-3H3. The molecule has 0 saturated heterocycles. The predicted molar refractivity (Wildman–Crippen MR) is 86.8 cm³/mol. The molecule has 4 heteroatoms. The van der Waals surface area contributed by atoms with E-state index in [1.54, 1.807) is 23.9 Å². The van der Waals surface area contributed by atoms with E-state index in [0.717, 1.165) is 9.79 Å². The van der Waals surface area contributed by atoms with E-state index in [-0.39, 0.29) is 5.97 Å². The molecule has 0 bridgehead atoms. The van der Waals surface area contributed by atoms with Crippen molar-refractivity contribution in [1.82, 2.24) is 0 Å². The van der Waals surface area contributed by atoms with Crippen molar-refractivity contribution in [3.8, 4) is 0 Å². The van der Waals surface area contributed by atoms with Crippen molar-refractivity contribution >= 4 is 23.4 Å². The van der Waals surface area contributed by atoms with Crippen LogP contribution in [0.3, 0.4) is 0 Å². The largest absolute Gasteiger partial charge is 0.465 e. The van der Waals surface area contributed by atoms with Crippen LogP contribution in [0.5, 0.6) is 0 Å². The quantitative estimate of drug-likeness (QED) is 0.674. The van der Waals surface area contributed by atoms with Crippen LogP contribution in [0.4, 0.5) is 5.69 Å². The number of hydrogen-bond donors (Lipinski definition) is 1. The lowest BCUT2D eigenvalue weighted by atomic mass is 10.0. The number of hydrogen-bond acceptors (Lipinski definition) is 4. The average molecular weight is 301 g/mol. The number of esters is 1. The van der Waals surface area contributed by atoms with Gasteiger partial charge in [-0.05, 0) is 41.8 Å². The molecule has 110 valence electrons. The smallest absolute Gasteiger partial charge is 0.337 e. The molecule has 21 heavy (non-hydrogen) atoms. The van der Waals surface area contributed by atoms with Gasteiger partial charge in [0.2, 0.25) is 0 Å². The van der Waals surface area contributed by atoms with Crippen LogP contribution in [0, 0.1) is 0 Å².